The largest absolute Gasteiger partial charge is 0.491 e. The number of hydrogen-bond donors (Lipinski definition) is 1. The van der Waals surface area contributed by atoms with E-state index in [0.29, 0.717) is 32.0 Å². The van der Waals surface area contributed by atoms with E-state index in [1.807, 2.05) is 47.4 Å². The Morgan fingerprint density at radius 2 is 1.52 bits per heavy atom. The second-order valence-corrected chi connectivity index (χ2v) is 8.97. The van der Waals surface area contributed by atoms with Crippen LogP contribution >= 0.6 is 0 Å². The van der Waals surface area contributed by atoms with E-state index in [1.54, 1.807) is 12.1 Å². The number of nitrogens with zero attached hydrogens (tertiary/aromatic N) is 1. The third-order valence-corrected chi connectivity index (χ3v) is 6.03. The molecule has 1 saturated heterocycles. The number of aliphatic hydroxyl groups excluding tert-OH is 1. The predicted molar refractivity (Wildman–Crippen MR) is 104 cm³/mol. The highest BCUT2D eigenvalue weighted by molar-refractivity contribution is 7.91. The average molecular weight is 391 g/mol. The minimum absolute atomic E-state index is 0.158. The number of ether oxygens (including phenoxy) is 2. The Morgan fingerprint density at radius 3 is 2.15 bits per heavy atom. The zero-order valence-electron chi connectivity index (χ0n) is 15.2. The van der Waals surface area contributed by atoms with Gasteiger partial charge in [-0.1, -0.05) is 30.3 Å². The molecule has 3 rings (SSSR count). The summed E-state index contributed by atoms with van der Waals surface area (Å²) in [7, 11) is -2.90. The van der Waals surface area contributed by atoms with Crippen LogP contribution in [-0.2, 0) is 16.4 Å². The van der Waals surface area contributed by atoms with Crippen LogP contribution in [0, 0.1) is 0 Å². The van der Waals surface area contributed by atoms with Gasteiger partial charge in [0, 0.05) is 19.6 Å². The monoisotopic (exact) mass is 391 g/mol. The van der Waals surface area contributed by atoms with Crippen molar-refractivity contribution in [2.24, 2.45) is 0 Å². The minimum Gasteiger partial charge on any atom is -0.491 e. The lowest BCUT2D eigenvalue weighted by Gasteiger charge is -2.28. The quantitative estimate of drug-likeness (QED) is 0.739. The van der Waals surface area contributed by atoms with Gasteiger partial charge in [0.05, 0.1) is 11.5 Å². The summed E-state index contributed by atoms with van der Waals surface area (Å²) in [6.07, 6.45) is -0.667. The van der Waals surface area contributed by atoms with E-state index in [9.17, 15) is 13.5 Å². The van der Waals surface area contributed by atoms with Crippen LogP contribution in [0.5, 0.6) is 11.5 Å². The Bertz CT molecular complexity index is 794. The fourth-order valence-electron chi connectivity index (χ4n) is 2.85. The lowest BCUT2D eigenvalue weighted by molar-refractivity contribution is 0.0710. The topological polar surface area (TPSA) is 76.1 Å². The maximum Gasteiger partial charge on any atom is 0.152 e. The summed E-state index contributed by atoms with van der Waals surface area (Å²) in [5, 5.41) is 10.1. The standard InChI is InChI=1S/C20H25NO5S/c22-18(14-21-10-12-27(23,24)13-11-21)16-26-20-8-6-19(7-9-20)25-15-17-4-2-1-3-5-17/h1-9,18,22H,10-16H2. The summed E-state index contributed by atoms with van der Waals surface area (Å²) in [5.74, 6) is 1.72. The number of rotatable bonds is 8. The second kappa shape index (κ2) is 9.21. The molecule has 1 heterocycles. The SMILES string of the molecule is O=S1(=O)CCN(CC(O)COc2ccc(OCc3ccccc3)cc2)CC1. The highest BCUT2D eigenvalue weighted by Gasteiger charge is 2.23. The Labute approximate surface area is 160 Å². The zero-order chi connectivity index (χ0) is 19.1. The fourth-order valence-corrected chi connectivity index (χ4v) is 4.13. The van der Waals surface area contributed by atoms with Gasteiger partial charge in [0.2, 0.25) is 0 Å². The van der Waals surface area contributed by atoms with Gasteiger partial charge in [-0.05, 0) is 29.8 Å². The predicted octanol–water partition coefficient (Wildman–Crippen LogP) is 1.74. The third-order valence-electron chi connectivity index (χ3n) is 4.42. The van der Waals surface area contributed by atoms with E-state index in [0.717, 1.165) is 11.3 Å². The van der Waals surface area contributed by atoms with Gasteiger partial charge >= 0.3 is 0 Å². The molecule has 1 fully saturated rings. The van der Waals surface area contributed by atoms with Crippen molar-refractivity contribution in [3.63, 3.8) is 0 Å². The normalized spacial score (nSPS) is 18.0. The van der Waals surface area contributed by atoms with Gasteiger partial charge in [-0.3, -0.25) is 4.90 Å². The molecule has 7 heteroatoms. The van der Waals surface area contributed by atoms with E-state index < -0.39 is 15.9 Å². The molecule has 0 bridgehead atoms. The molecule has 1 N–H and O–H groups in total. The molecule has 6 nitrogen and oxygen atoms in total. The molecule has 2 aromatic rings. The molecular formula is C20H25NO5S. The lowest BCUT2D eigenvalue weighted by Crippen LogP contribution is -2.44. The summed E-state index contributed by atoms with van der Waals surface area (Å²) in [6, 6.07) is 17.2. The molecule has 0 radical (unpaired) electrons. The van der Waals surface area contributed by atoms with Crippen LogP contribution in [0.25, 0.3) is 0 Å². The summed E-state index contributed by atoms with van der Waals surface area (Å²) in [5.41, 5.74) is 1.10. The van der Waals surface area contributed by atoms with Crippen molar-refractivity contribution in [3.8, 4) is 11.5 Å². The van der Waals surface area contributed by atoms with Gasteiger partial charge in [0.25, 0.3) is 0 Å². The van der Waals surface area contributed by atoms with Crippen molar-refractivity contribution in [3.05, 3.63) is 60.2 Å². The Balaban J connectivity index is 1.39. The molecule has 146 valence electrons. The van der Waals surface area contributed by atoms with Crippen LogP contribution in [0.3, 0.4) is 0 Å². The van der Waals surface area contributed by atoms with Gasteiger partial charge in [-0.25, -0.2) is 8.42 Å². The first-order chi connectivity index (χ1) is 13.0. The van der Waals surface area contributed by atoms with Gasteiger partial charge < -0.3 is 14.6 Å². The molecule has 0 aliphatic carbocycles. The van der Waals surface area contributed by atoms with Crippen LogP contribution in [0.15, 0.2) is 54.6 Å². The van der Waals surface area contributed by atoms with E-state index >= 15 is 0 Å². The number of hydrogen-bond acceptors (Lipinski definition) is 6. The van der Waals surface area contributed by atoms with Crippen LogP contribution in [-0.4, -0.2) is 62.3 Å². The van der Waals surface area contributed by atoms with E-state index in [4.69, 9.17) is 9.47 Å². The molecule has 1 aliphatic heterocycles. The van der Waals surface area contributed by atoms with E-state index in [2.05, 4.69) is 0 Å². The maximum atomic E-state index is 11.4. The molecule has 2 aromatic carbocycles. The average Bonchev–Trinajstić information content (AvgIpc) is 2.68. The molecule has 0 amide bonds. The molecule has 27 heavy (non-hydrogen) atoms. The van der Waals surface area contributed by atoms with E-state index in [1.165, 1.54) is 0 Å². The Morgan fingerprint density at radius 1 is 0.926 bits per heavy atom. The molecule has 0 saturated carbocycles. The Hall–Kier alpha value is -2.09. The summed E-state index contributed by atoms with van der Waals surface area (Å²) < 4.78 is 34.2. The van der Waals surface area contributed by atoms with E-state index in [-0.39, 0.29) is 18.1 Å². The van der Waals surface area contributed by atoms with Crippen molar-refractivity contribution in [1.82, 2.24) is 4.90 Å². The van der Waals surface area contributed by atoms with Gasteiger partial charge in [0.15, 0.2) is 9.84 Å². The molecule has 1 aliphatic rings. The first-order valence-electron chi connectivity index (χ1n) is 9.01. The summed E-state index contributed by atoms with van der Waals surface area (Å²) in [6.45, 7) is 2.01. The first kappa shape index (κ1) is 19.7. The smallest absolute Gasteiger partial charge is 0.152 e. The van der Waals surface area contributed by atoms with Crippen molar-refractivity contribution in [2.75, 3.05) is 37.7 Å². The number of β-amino-alcohol motifs (C(OH)–C–C–N with tert-alkyl or cyclic N) is 1. The van der Waals surface area contributed by atoms with Crippen LogP contribution in [0.4, 0.5) is 0 Å². The molecule has 0 aromatic heterocycles. The van der Waals surface area contributed by atoms with Gasteiger partial charge in [-0.15, -0.1) is 0 Å². The minimum atomic E-state index is -2.90. The zero-order valence-corrected chi connectivity index (χ0v) is 16.0. The van der Waals surface area contributed by atoms with Gasteiger partial charge in [0.1, 0.15) is 30.8 Å². The van der Waals surface area contributed by atoms with Crippen molar-refractivity contribution in [2.45, 2.75) is 12.7 Å². The highest BCUT2D eigenvalue weighted by Crippen LogP contribution is 2.19. The van der Waals surface area contributed by atoms with Crippen molar-refractivity contribution in [1.29, 1.82) is 0 Å². The lowest BCUT2D eigenvalue weighted by atomic mass is 10.2. The molecule has 0 spiro atoms. The molecule has 1 atom stereocenters. The van der Waals surface area contributed by atoms with Crippen LogP contribution in [0.2, 0.25) is 0 Å². The van der Waals surface area contributed by atoms with Crippen molar-refractivity contribution >= 4 is 9.84 Å². The molecular weight excluding hydrogens is 366 g/mol. The fraction of sp³-hybridized carbons (Fsp3) is 0.400. The van der Waals surface area contributed by atoms with Crippen LogP contribution in [0.1, 0.15) is 5.56 Å². The summed E-state index contributed by atoms with van der Waals surface area (Å²) >= 11 is 0. The number of aliphatic hydroxyl groups is 1. The summed E-state index contributed by atoms with van der Waals surface area (Å²) in [4.78, 5) is 1.95. The Kier molecular flexibility index (Phi) is 6.71. The molecule has 1 unspecified atom stereocenters. The number of benzene rings is 2. The highest BCUT2D eigenvalue weighted by atomic mass is 32.2. The van der Waals surface area contributed by atoms with Crippen molar-refractivity contribution < 1.29 is 23.0 Å². The third kappa shape index (κ3) is 6.53. The maximum absolute atomic E-state index is 11.4. The van der Waals surface area contributed by atoms with Crippen LogP contribution < -0.4 is 9.47 Å². The second-order valence-electron chi connectivity index (χ2n) is 6.66. The first-order valence-corrected chi connectivity index (χ1v) is 10.8. The number of sulfone groups is 1. The van der Waals surface area contributed by atoms with Gasteiger partial charge in [-0.2, -0.15) is 0 Å².